The van der Waals surface area contributed by atoms with E-state index in [1.54, 1.807) is 17.2 Å². The molecule has 21 heavy (non-hydrogen) atoms. The summed E-state index contributed by atoms with van der Waals surface area (Å²) in [4.78, 5) is 15.9. The highest BCUT2D eigenvalue weighted by atomic mass is 16.5. The molecule has 1 aliphatic heterocycles. The second kappa shape index (κ2) is 5.67. The van der Waals surface area contributed by atoms with Crippen LogP contribution in [-0.2, 0) is 11.2 Å². The zero-order chi connectivity index (χ0) is 14.8. The van der Waals surface area contributed by atoms with E-state index >= 15 is 0 Å². The molecule has 0 saturated carbocycles. The fourth-order valence-corrected chi connectivity index (χ4v) is 2.82. The van der Waals surface area contributed by atoms with Gasteiger partial charge in [-0.15, -0.1) is 0 Å². The van der Waals surface area contributed by atoms with Gasteiger partial charge in [-0.25, -0.2) is 0 Å². The van der Waals surface area contributed by atoms with Crippen molar-refractivity contribution >= 4 is 5.91 Å². The van der Waals surface area contributed by atoms with E-state index in [1.165, 1.54) is 0 Å². The zero-order valence-corrected chi connectivity index (χ0v) is 12.3. The monoisotopic (exact) mass is 289 g/mol. The van der Waals surface area contributed by atoms with Crippen molar-refractivity contribution < 1.29 is 9.32 Å². The third-order valence-corrected chi connectivity index (χ3v) is 4.05. The Hall–Kier alpha value is -2.18. The third kappa shape index (κ3) is 2.81. The number of hydrogen-bond donors (Lipinski definition) is 0. The molecule has 2 aromatic heterocycles. The van der Waals surface area contributed by atoms with Crippen molar-refractivity contribution in [2.24, 2.45) is 0 Å². The van der Waals surface area contributed by atoms with Gasteiger partial charge in [-0.3, -0.25) is 4.79 Å². The van der Waals surface area contributed by atoms with Crippen LogP contribution in [0.1, 0.15) is 35.9 Å². The molecule has 0 aliphatic carbocycles. The van der Waals surface area contributed by atoms with Crippen molar-refractivity contribution in [3.05, 3.63) is 29.4 Å². The molecule has 0 bridgehead atoms. The van der Waals surface area contributed by atoms with Crippen molar-refractivity contribution in [2.45, 2.75) is 39.2 Å². The fraction of sp³-hybridized carbons (Fsp3) is 0.571. The molecule has 0 aromatic carbocycles. The maximum absolute atomic E-state index is 12.3. The molecule has 1 atom stereocenters. The molecule has 1 saturated heterocycles. The van der Waals surface area contributed by atoms with Gasteiger partial charge in [0.05, 0.1) is 24.1 Å². The van der Waals surface area contributed by atoms with Gasteiger partial charge in [0.2, 0.25) is 5.91 Å². The van der Waals surface area contributed by atoms with Crippen LogP contribution in [0.3, 0.4) is 0 Å². The molecular formula is C14H19N5O2. The van der Waals surface area contributed by atoms with E-state index in [-0.39, 0.29) is 11.9 Å². The highest BCUT2D eigenvalue weighted by molar-refractivity contribution is 5.76. The largest absolute Gasteiger partial charge is 0.361 e. The molecule has 1 amide bonds. The molecule has 2 aromatic rings. The summed E-state index contributed by atoms with van der Waals surface area (Å²) in [5.74, 6) is 0.977. The number of hydrogen-bond acceptors (Lipinski definition) is 5. The average Bonchev–Trinajstić information content (AvgIpc) is 3.18. The van der Waals surface area contributed by atoms with Crippen molar-refractivity contribution in [2.75, 3.05) is 13.1 Å². The van der Waals surface area contributed by atoms with E-state index in [0.717, 1.165) is 30.0 Å². The number of aryl methyl sites for hydroxylation is 2. The van der Waals surface area contributed by atoms with E-state index in [4.69, 9.17) is 4.52 Å². The summed E-state index contributed by atoms with van der Waals surface area (Å²) in [6, 6.07) is 0.197. The Balaban J connectivity index is 1.55. The van der Waals surface area contributed by atoms with E-state index in [0.29, 0.717) is 19.4 Å². The van der Waals surface area contributed by atoms with Crippen molar-refractivity contribution in [1.82, 2.24) is 25.1 Å². The maximum Gasteiger partial charge on any atom is 0.222 e. The second-order valence-electron chi connectivity index (χ2n) is 5.43. The predicted molar refractivity (Wildman–Crippen MR) is 74.6 cm³/mol. The Morgan fingerprint density at radius 3 is 2.81 bits per heavy atom. The third-order valence-electron chi connectivity index (χ3n) is 4.05. The van der Waals surface area contributed by atoms with E-state index in [9.17, 15) is 4.79 Å². The summed E-state index contributed by atoms with van der Waals surface area (Å²) in [6.45, 7) is 5.25. The molecule has 1 fully saturated rings. The first kappa shape index (κ1) is 13.8. The highest BCUT2D eigenvalue weighted by Gasteiger charge is 2.28. The van der Waals surface area contributed by atoms with Crippen LogP contribution >= 0.6 is 0 Å². The molecule has 7 nitrogen and oxygen atoms in total. The minimum absolute atomic E-state index is 0.171. The highest BCUT2D eigenvalue weighted by Crippen LogP contribution is 2.21. The Morgan fingerprint density at radius 2 is 2.14 bits per heavy atom. The molecule has 112 valence electrons. The normalized spacial score (nSPS) is 18.4. The van der Waals surface area contributed by atoms with Crippen LogP contribution in [0, 0.1) is 13.8 Å². The van der Waals surface area contributed by atoms with Crippen LogP contribution in [0.2, 0.25) is 0 Å². The lowest BCUT2D eigenvalue weighted by molar-refractivity contribution is -0.130. The lowest BCUT2D eigenvalue weighted by Gasteiger charge is -2.16. The van der Waals surface area contributed by atoms with Gasteiger partial charge < -0.3 is 9.42 Å². The molecule has 1 unspecified atom stereocenters. The molecule has 3 heterocycles. The lowest BCUT2D eigenvalue weighted by atomic mass is 10.1. The minimum Gasteiger partial charge on any atom is -0.361 e. The van der Waals surface area contributed by atoms with Crippen molar-refractivity contribution in [3.63, 3.8) is 0 Å². The van der Waals surface area contributed by atoms with Gasteiger partial charge in [0.1, 0.15) is 5.76 Å². The van der Waals surface area contributed by atoms with E-state index < -0.39 is 0 Å². The molecule has 0 N–H and O–H groups in total. The smallest absolute Gasteiger partial charge is 0.222 e. The fourth-order valence-electron chi connectivity index (χ4n) is 2.82. The standard InChI is InChI=1S/C14H19N5O2/c1-10-13(11(2)21-17-10)3-4-14(20)18-8-5-12(9-18)19-15-6-7-16-19/h6-7,12H,3-5,8-9H2,1-2H3. The first-order valence-electron chi connectivity index (χ1n) is 7.20. The Bertz CT molecular complexity index is 600. The van der Waals surface area contributed by atoms with Crippen LogP contribution in [-0.4, -0.2) is 44.0 Å². The molecule has 1 aliphatic rings. The van der Waals surface area contributed by atoms with Crippen LogP contribution < -0.4 is 0 Å². The lowest BCUT2D eigenvalue weighted by Crippen LogP contribution is -2.29. The number of likely N-dealkylation sites (tertiary alicyclic amines) is 1. The Labute approximate surface area is 122 Å². The van der Waals surface area contributed by atoms with Gasteiger partial charge in [0.25, 0.3) is 0 Å². The summed E-state index contributed by atoms with van der Waals surface area (Å²) in [5.41, 5.74) is 1.92. The summed E-state index contributed by atoms with van der Waals surface area (Å²) in [5, 5.41) is 12.2. The van der Waals surface area contributed by atoms with Crippen LogP contribution in [0.15, 0.2) is 16.9 Å². The first-order chi connectivity index (χ1) is 10.1. The minimum atomic E-state index is 0.171. The predicted octanol–water partition coefficient (Wildman–Crippen LogP) is 1.29. The topological polar surface area (TPSA) is 77.0 Å². The van der Waals surface area contributed by atoms with Crippen molar-refractivity contribution in [1.29, 1.82) is 0 Å². The molecule has 7 heteroatoms. The summed E-state index contributed by atoms with van der Waals surface area (Å²) < 4.78 is 5.12. The first-order valence-corrected chi connectivity index (χ1v) is 7.20. The van der Waals surface area contributed by atoms with Gasteiger partial charge in [-0.05, 0) is 26.7 Å². The Kier molecular flexibility index (Phi) is 3.72. The molecule has 0 spiro atoms. The number of rotatable bonds is 4. The quantitative estimate of drug-likeness (QED) is 0.847. The van der Waals surface area contributed by atoms with Gasteiger partial charge in [-0.2, -0.15) is 15.0 Å². The molecule has 3 rings (SSSR count). The van der Waals surface area contributed by atoms with E-state index in [1.807, 2.05) is 18.7 Å². The molecular weight excluding hydrogens is 270 g/mol. The van der Waals surface area contributed by atoms with E-state index in [2.05, 4.69) is 15.4 Å². The van der Waals surface area contributed by atoms with Crippen LogP contribution in [0.5, 0.6) is 0 Å². The summed E-state index contributed by atoms with van der Waals surface area (Å²) in [7, 11) is 0. The van der Waals surface area contributed by atoms with Gasteiger partial charge in [-0.1, -0.05) is 5.16 Å². The summed E-state index contributed by atoms with van der Waals surface area (Å²) in [6.07, 6.45) is 5.42. The number of amides is 1. The summed E-state index contributed by atoms with van der Waals surface area (Å²) >= 11 is 0. The number of nitrogens with zero attached hydrogens (tertiary/aromatic N) is 5. The molecule has 0 radical (unpaired) electrons. The number of carbonyl (C=O) groups excluding carboxylic acids is 1. The Morgan fingerprint density at radius 1 is 1.38 bits per heavy atom. The maximum atomic E-state index is 12.3. The second-order valence-corrected chi connectivity index (χ2v) is 5.43. The van der Waals surface area contributed by atoms with Crippen molar-refractivity contribution in [3.8, 4) is 0 Å². The zero-order valence-electron chi connectivity index (χ0n) is 12.3. The van der Waals surface area contributed by atoms with Crippen LogP contribution in [0.4, 0.5) is 0 Å². The SMILES string of the molecule is Cc1noc(C)c1CCC(=O)N1CCC(n2nccn2)C1. The number of carbonyl (C=O) groups is 1. The van der Waals surface area contributed by atoms with Gasteiger partial charge in [0, 0.05) is 25.1 Å². The number of aromatic nitrogens is 4. The van der Waals surface area contributed by atoms with Crippen LogP contribution in [0.25, 0.3) is 0 Å². The van der Waals surface area contributed by atoms with Gasteiger partial charge in [0.15, 0.2) is 0 Å². The average molecular weight is 289 g/mol. The van der Waals surface area contributed by atoms with Gasteiger partial charge >= 0.3 is 0 Å².